The van der Waals surface area contributed by atoms with E-state index in [-0.39, 0.29) is 12.0 Å². The van der Waals surface area contributed by atoms with E-state index in [1.54, 1.807) is 0 Å². The van der Waals surface area contributed by atoms with Gasteiger partial charge in [-0.05, 0) is 44.9 Å². The number of pyridine rings is 1. The van der Waals surface area contributed by atoms with Crippen molar-refractivity contribution < 1.29 is 4.52 Å². The Morgan fingerprint density at radius 3 is 2.48 bits per heavy atom. The van der Waals surface area contributed by atoms with E-state index in [9.17, 15) is 0 Å². The van der Waals surface area contributed by atoms with Crippen LogP contribution < -0.4 is 5.32 Å². The minimum Gasteiger partial charge on any atom is -0.339 e. The van der Waals surface area contributed by atoms with Gasteiger partial charge in [-0.3, -0.25) is 4.98 Å². The number of aryl methyl sites for hydroxylation is 2. The Morgan fingerprint density at radius 1 is 1.19 bits per heavy atom. The smallest absolute Gasteiger partial charge is 0.231 e. The summed E-state index contributed by atoms with van der Waals surface area (Å²) in [4.78, 5) is 9.01. The molecule has 0 aliphatic rings. The molecule has 0 aromatic carbocycles. The largest absolute Gasteiger partial charge is 0.339 e. The topological polar surface area (TPSA) is 63.8 Å². The average molecular weight is 288 g/mol. The Labute approximate surface area is 126 Å². The highest BCUT2D eigenvalue weighted by Gasteiger charge is 2.28. The van der Waals surface area contributed by atoms with E-state index in [1.807, 2.05) is 27.1 Å². The maximum atomic E-state index is 5.51. The maximum Gasteiger partial charge on any atom is 0.231 e. The Balaban J connectivity index is 2.36. The van der Waals surface area contributed by atoms with Gasteiger partial charge in [-0.2, -0.15) is 4.98 Å². The van der Waals surface area contributed by atoms with Crippen LogP contribution in [-0.4, -0.2) is 28.2 Å². The molecule has 1 N–H and O–H groups in total. The molecule has 2 aromatic heterocycles. The molecule has 0 spiro atoms. The van der Waals surface area contributed by atoms with Crippen LogP contribution in [0.5, 0.6) is 0 Å². The fourth-order valence-electron chi connectivity index (χ4n) is 2.67. The molecule has 2 heterocycles. The van der Waals surface area contributed by atoms with Crippen molar-refractivity contribution in [3.05, 3.63) is 29.3 Å². The summed E-state index contributed by atoms with van der Waals surface area (Å²) in [5.74, 6) is 1.83. The maximum absolute atomic E-state index is 5.51. The number of rotatable bonds is 5. The molecule has 2 atom stereocenters. The average Bonchev–Trinajstić information content (AvgIpc) is 2.87. The van der Waals surface area contributed by atoms with Crippen LogP contribution in [0.3, 0.4) is 0 Å². The van der Waals surface area contributed by atoms with E-state index in [0.717, 1.165) is 16.8 Å². The molecule has 0 saturated heterocycles. The summed E-state index contributed by atoms with van der Waals surface area (Å²) in [5.41, 5.74) is 2.98. The second kappa shape index (κ2) is 6.35. The third-order valence-corrected chi connectivity index (χ3v) is 3.87. The summed E-state index contributed by atoms with van der Waals surface area (Å²) < 4.78 is 5.51. The summed E-state index contributed by atoms with van der Waals surface area (Å²) in [5, 5.41) is 7.39. The third kappa shape index (κ3) is 3.29. The SMILES string of the molecule is CNC(C)C(c1nc(-c2ncc(C)cc2C)no1)C(C)C. The van der Waals surface area contributed by atoms with Crippen LogP contribution in [0.2, 0.25) is 0 Å². The summed E-state index contributed by atoms with van der Waals surface area (Å²) in [7, 11) is 1.95. The molecular weight excluding hydrogens is 264 g/mol. The molecule has 0 fully saturated rings. The zero-order valence-corrected chi connectivity index (χ0v) is 13.6. The fourth-order valence-corrected chi connectivity index (χ4v) is 2.67. The molecule has 0 bridgehead atoms. The fraction of sp³-hybridized carbons (Fsp3) is 0.562. The molecule has 0 aliphatic carbocycles. The summed E-state index contributed by atoms with van der Waals surface area (Å²) in [6.07, 6.45) is 1.83. The van der Waals surface area contributed by atoms with Gasteiger partial charge in [-0.15, -0.1) is 0 Å². The van der Waals surface area contributed by atoms with Crippen LogP contribution in [-0.2, 0) is 0 Å². The van der Waals surface area contributed by atoms with Crippen LogP contribution in [0.1, 0.15) is 43.7 Å². The number of hydrogen-bond acceptors (Lipinski definition) is 5. The van der Waals surface area contributed by atoms with Gasteiger partial charge in [-0.1, -0.05) is 25.1 Å². The summed E-state index contributed by atoms with van der Waals surface area (Å²) >= 11 is 0. The zero-order chi connectivity index (χ0) is 15.6. The Hall–Kier alpha value is -1.75. The highest BCUT2D eigenvalue weighted by molar-refractivity contribution is 5.54. The lowest BCUT2D eigenvalue weighted by molar-refractivity contribution is 0.286. The lowest BCUT2D eigenvalue weighted by atomic mass is 9.89. The minimum absolute atomic E-state index is 0.182. The number of aromatic nitrogens is 3. The second-order valence-electron chi connectivity index (χ2n) is 5.98. The molecule has 2 unspecified atom stereocenters. The van der Waals surface area contributed by atoms with Gasteiger partial charge >= 0.3 is 0 Å². The van der Waals surface area contributed by atoms with Crippen molar-refractivity contribution in [3.8, 4) is 11.5 Å². The first-order valence-electron chi connectivity index (χ1n) is 7.38. The van der Waals surface area contributed by atoms with Crippen LogP contribution in [0.15, 0.2) is 16.8 Å². The number of likely N-dealkylation sites (N-methyl/N-ethyl adjacent to an activating group) is 1. The van der Waals surface area contributed by atoms with Crippen LogP contribution in [0, 0.1) is 19.8 Å². The molecular formula is C16H24N4O. The molecule has 21 heavy (non-hydrogen) atoms. The Morgan fingerprint density at radius 2 is 1.90 bits per heavy atom. The van der Waals surface area contributed by atoms with E-state index in [1.165, 1.54) is 0 Å². The van der Waals surface area contributed by atoms with Crippen LogP contribution in [0.4, 0.5) is 0 Å². The predicted octanol–water partition coefficient (Wildman–Crippen LogP) is 3.10. The Bertz CT molecular complexity index is 606. The highest BCUT2D eigenvalue weighted by Crippen LogP contribution is 2.28. The van der Waals surface area contributed by atoms with E-state index in [4.69, 9.17) is 4.52 Å². The van der Waals surface area contributed by atoms with Crippen molar-refractivity contribution in [3.63, 3.8) is 0 Å². The van der Waals surface area contributed by atoms with Crippen molar-refractivity contribution in [2.45, 2.75) is 46.6 Å². The Kier molecular flexibility index (Phi) is 4.73. The summed E-state index contributed by atoms with van der Waals surface area (Å²) in [6, 6.07) is 2.35. The van der Waals surface area contributed by atoms with Crippen molar-refractivity contribution >= 4 is 0 Å². The van der Waals surface area contributed by atoms with Crippen LogP contribution >= 0.6 is 0 Å². The molecule has 0 saturated carbocycles. The van der Waals surface area contributed by atoms with Crippen molar-refractivity contribution in [2.75, 3.05) is 7.05 Å². The van der Waals surface area contributed by atoms with E-state index < -0.39 is 0 Å². The minimum atomic E-state index is 0.182. The van der Waals surface area contributed by atoms with Crippen molar-refractivity contribution in [1.29, 1.82) is 0 Å². The molecule has 2 rings (SSSR count). The van der Waals surface area contributed by atoms with Crippen molar-refractivity contribution in [2.24, 2.45) is 5.92 Å². The van der Waals surface area contributed by atoms with Gasteiger partial charge in [0, 0.05) is 12.2 Å². The first kappa shape index (κ1) is 15.6. The summed E-state index contributed by atoms with van der Waals surface area (Å²) in [6.45, 7) is 10.5. The van der Waals surface area contributed by atoms with Crippen LogP contribution in [0.25, 0.3) is 11.5 Å². The second-order valence-corrected chi connectivity index (χ2v) is 5.98. The van der Waals surface area contributed by atoms with Gasteiger partial charge in [0.1, 0.15) is 5.69 Å². The van der Waals surface area contributed by atoms with Gasteiger partial charge < -0.3 is 9.84 Å². The van der Waals surface area contributed by atoms with E-state index in [2.05, 4.69) is 47.3 Å². The van der Waals surface area contributed by atoms with E-state index in [0.29, 0.717) is 17.6 Å². The highest BCUT2D eigenvalue weighted by atomic mass is 16.5. The molecule has 0 radical (unpaired) electrons. The van der Waals surface area contributed by atoms with Gasteiger partial charge in [0.05, 0.1) is 5.92 Å². The molecule has 0 amide bonds. The lowest BCUT2D eigenvalue weighted by Gasteiger charge is -2.23. The molecule has 5 nitrogen and oxygen atoms in total. The number of nitrogens with zero attached hydrogens (tertiary/aromatic N) is 3. The van der Waals surface area contributed by atoms with Gasteiger partial charge in [0.25, 0.3) is 0 Å². The first-order valence-corrected chi connectivity index (χ1v) is 7.38. The quantitative estimate of drug-likeness (QED) is 0.916. The first-order chi connectivity index (χ1) is 9.93. The lowest BCUT2D eigenvalue weighted by Crippen LogP contribution is -2.32. The van der Waals surface area contributed by atoms with Gasteiger partial charge in [0.15, 0.2) is 0 Å². The van der Waals surface area contributed by atoms with E-state index >= 15 is 0 Å². The van der Waals surface area contributed by atoms with Crippen molar-refractivity contribution in [1.82, 2.24) is 20.4 Å². The van der Waals surface area contributed by atoms with Gasteiger partial charge in [0.2, 0.25) is 11.7 Å². The van der Waals surface area contributed by atoms with Gasteiger partial charge in [-0.25, -0.2) is 0 Å². The number of nitrogens with one attached hydrogen (secondary N) is 1. The third-order valence-electron chi connectivity index (χ3n) is 3.87. The normalized spacial score (nSPS) is 14.4. The zero-order valence-electron chi connectivity index (χ0n) is 13.6. The molecule has 5 heteroatoms. The standard InChI is InChI=1S/C16H24N4O/c1-9(2)13(12(5)17-6)16-19-15(20-21-16)14-11(4)7-10(3)8-18-14/h7-9,12-13,17H,1-6H3. The monoisotopic (exact) mass is 288 g/mol. The molecule has 2 aromatic rings. The predicted molar refractivity (Wildman–Crippen MR) is 83.1 cm³/mol. The molecule has 0 aliphatic heterocycles. The number of hydrogen-bond donors (Lipinski definition) is 1. The molecule has 114 valence electrons.